The number of hydrogen-bond acceptors (Lipinski definition) is 3. The van der Waals surface area contributed by atoms with E-state index in [1.54, 1.807) is 0 Å². The molecule has 0 saturated heterocycles. The molecule has 0 heterocycles. The number of carboxylic acid groups (broad SMARTS) is 1. The zero-order valence-corrected chi connectivity index (χ0v) is 11.9. The molecule has 0 aliphatic heterocycles. The van der Waals surface area contributed by atoms with Crippen LogP contribution in [0.4, 0.5) is 0 Å². The molecule has 0 aromatic carbocycles. The predicted molar refractivity (Wildman–Crippen MR) is 65.9 cm³/mol. The van der Waals surface area contributed by atoms with Crippen molar-refractivity contribution in [2.45, 2.75) is 39.2 Å². The Morgan fingerprint density at radius 3 is 2.12 bits per heavy atom. The lowest BCUT2D eigenvalue weighted by molar-refractivity contribution is -0.146. The Morgan fingerprint density at radius 1 is 1.29 bits per heavy atom. The van der Waals surface area contributed by atoms with E-state index in [0.717, 1.165) is 17.1 Å². The lowest BCUT2D eigenvalue weighted by Gasteiger charge is -2.33. The first kappa shape index (κ1) is 16.3. The molecule has 0 amide bonds. The summed E-state index contributed by atoms with van der Waals surface area (Å²) in [6.45, 7) is 5.07. The standard InChI is InChI=1S/C10H22N2O4S/c1-6-7-8-11(4)17(15,16)12(5)10(2,3)9(13)14/h6-8H2,1-5H3,(H,13,14). The molecule has 0 aromatic rings. The molecule has 0 unspecified atom stereocenters. The van der Waals surface area contributed by atoms with Crippen LogP contribution in [-0.2, 0) is 15.0 Å². The van der Waals surface area contributed by atoms with Gasteiger partial charge in [0.25, 0.3) is 10.2 Å². The predicted octanol–water partition coefficient (Wildman–Crippen LogP) is 0.758. The molecule has 0 bridgehead atoms. The fourth-order valence-electron chi connectivity index (χ4n) is 1.13. The highest BCUT2D eigenvalue weighted by molar-refractivity contribution is 7.86. The minimum Gasteiger partial charge on any atom is -0.480 e. The van der Waals surface area contributed by atoms with Gasteiger partial charge in [0.15, 0.2) is 0 Å². The monoisotopic (exact) mass is 266 g/mol. The summed E-state index contributed by atoms with van der Waals surface area (Å²) in [6.07, 6.45) is 1.63. The van der Waals surface area contributed by atoms with Gasteiger partial charge in [0, 0.05) is 20.6 Å². The molecule has 7 heteroatoms. The molecule has 0 saturated carbocycles. The first-order valence-corrected chi connectivity index (χ1v) is 6.91. The second-order valence-electron chi connectivity index (χ2n) is 4.51. The van der Waals surface area contributed by atoms with Crippen molar-refractivity contribution in [1.82, 2.24) is 8.61 Å². The van der Waals surface area contributed by atoms with Crippen LogP contribution in [0.5, 0.6) is 0 Å². The number of rotatable bonds is 7. The highest BCUT2D eigenvalue weighted by Crippen LogP contribution is 2.19. The molecule has 0 spiro atoms. The third-order valence-corrected chi connectivity index (χ3v) is 5.00. The summed E-state index contributed by atoms with van der Waals surface area (Å²) in [6, 6.07) is 0. The number of aliphatic carboxylic acids is 1. The van der Waals surface area contributed by atoms with Crippen LogP contribution < -0.4 is 0 Å². The number of carbonyl (C=O) groups is 1. The molecule has 0 aliphatic rings. The summed E-state index contributed by atoms with van der Waals surface area (Å²) in [5.41, 5.74) is -1.46. The van der Waals surface area contributed by atoms with Crippen molar-refractivity contribution in [2.75, 3.05) is 20.6 Å². The maximum absolute atomic E-state index is 12.1. The fourth-order valence-corrected chi connectivity index (χ4v) is 2.56. The quantitative estimate of drug-likeness (QED) is 0.738. The van der Waals surface area contributed by atoms with Gasteiger partial charge in [0.2, 0.25) is 0 Å². The van der Waals surface area contributed by atoms with Crippen molar-refractivity contribution < 1.29 is 18.3 Å². The van der Waals surface area contributed by atoms with E-state index < -0.39 is 21.7 Å². The van der Waals surface area contributed by atoms with Crippen LogP contribution in [0.3, 0.4) is 0 Å². The van der Waals surface area contributed by atoms with Gasteiger partial charge in [-0.25, -0.2) is 0 Å². The fraction of sp³-hybridized carbons (Fsp3) is 0.900. The van der Waals surface area contributed by atoms with Crippen molar-refractivity contribution >= 4 is 16.2 Å². The third kappa shape index (κ3) is 3.65. The number of hydrogen-bond donors (Lipinski definition) is 1. The lowest BCUT2D eigenvalue weighted by atomic mass is 10.1. The largest absolute Gasteiger partial charge is 0.480 e. The molecular weight excluding hydrogens is 244 g/mol. The van der Waals surface area contributed by atoms with E-state index >= 15 is 0 Å². The molecular formula is C10H22N2O4S. The number of likely N-dealkylation sites (N-methyl/N-ethyl adjacent to an activating group) is 1. The Labute approximate surface area is 103 Å². The summed E-state index contributed by atoms with van der Waals surface area (Å²) in [7, 11) is -0.987. The summed E-state index contributed by atoms with van der Waals surface area (Å²) in [4.78, 5) is 11.0. The summed E-state index contributed by atoms with van der Waals surface area (Å²) >= 11 is 0. The SMILES string of the molecule is CCCCN(C)S(=O)(=O)N(C)C(C)(C)C(=O)O. The van der Waals surface area contributed by atoms with Gasteiger partial charge in [0.1, 0.15) is 5.54 Å². The van der Waals surface area contributed by atoms with E-state index in [2.05, 4.69) is 0 Å². The van der Waals surface area contributed by atoms with E-state index in [9.17, 15) is 13.2 Å². The van der Waals surface area contributed by atoms with Crippen LogP contribution in [-0.4, -0.2) is 54.3 Å². The molecule has 0 rings (SSSR count). The van der Waals surface area contributed by atoms with Gasteiger partial charge < -0.3 is 5.11 Å². The van der Waals surface area contributed by atoms with Gasteiger partial charge in [-0.3, -0.25) is 4.79 Å². The van der Waals surface area contributed by atoms with Crippen LogP contribution in [0.2, 0.25) is 0 Å². The minimum absolute atomic E-state index is 0.388. The van der Waals surface area contributed by atoms with E-state index in [0.29, 0.717) is 6.54 Å². The zero-order chi connectivity index (χ0) is 13.9. The maximum Gasteiger partial charge on any atom is 0.324 e. The highest BCUT2D eigenvalue weighted by atomic mass is 32.2. The molecule has 0 aromatic heterocycles. The average molecular weight is 266 g/mol. The first-order chi connectivity index (χ1) is 7.58. The molecule has 6 nitrogen and oxygen atoms in total. The normalized spacial score (nSPS) is 13.4. The average Bonchev–Trinajstić information content (AvgIpc) is 2.24. The second-order valence-corrected chi connectivity index (χ2v) is 6.58. The first-order valence-electron chi connectivity index (χ1n) is 5.52. The summed E-state index contributed by atoms with van der Waals surface area (Å²) in [5, 5.41) is 9.01. The van der Waals surface area contributed by atoms with Gasteiger partial charge in [-0.05, 0) is 20.3 Å². The minimum atomic E-state index is -3.73. The molecule has 102 valence electrons. The van der Waals surface area contributed by atoms with Crippen LogP contribution in [0.25, 0.3) is 0 Å². The van der Waals surface area contributed by atoms with Gasteiger partial charge in [0.05, 0.1) is 0 Å². The van der Waals surface area contributed by atoms with Crippen molar-refractivity contribution in [3.8, 4) is 0 Å². The van der Waals surface area contributed by atoms with E-state index in [4.69, 9.17) is 5.11 Å². The maximum atomic E-state index is 12.1. The van der Waals surface area contributed by atoms with Crippen molar-refractivity contribution in [1.29, 1.82) is 0 Å². The molecule has 0 aliphatic carbocycles. The van der Waals surface area contributed by atoms with Crippen LogP contribution >= 0.6 is 0 Å². The van der Waals surface area contributed by atoms with Crippen molar-refractivity contribution in [3.63, 3.8) is 0 Å². The Hall–Kier alpha value is -0.660. The third-order valence-electron chi connectivity index (χ3n) is 2.88. The highest BCUT2D eigenvalue weighted by Gasteiger charge is 2.40. The number of unbranched alkanes of at least 4 members (excludes halogenated alkanes) is 1. The van der Waals surface area contributed by atoms with E-state index in [-0.39, 0.29) is 0 Å². The molecule has 17 heavy (non-hydrogen) atoms. The van der Waals surface area contributed by atoms with Gasteiger partial charge >= 0.3 is 5.97 Å². The van der Waals surface area contributed by atoms with Gasteiger partial charge in [-0.15, -0.1) is 0 Å². The van der Waals surface area contributed by atoms with E-state index in [1.807, 2.05) is 6.92 Å². The van der Waals surface area contributed by atoms with Crippen molar-refractivity contribution in [2.24, 2.45) is 0 Å². The Morgan fingerprint density at radius 2 is 1.76 bits per heavy atom. The molecule has 0 atom stereocenters. The summed E-state index contributed by atoms with van der Waals surface area (Å²) < 4.78 is 26.2. The Kier molecular flexibility index (Phi) is 5.57. The van der Waals surface area contributed by atoms with Crippen LogP contribution in [0.1, 0.15) is 33.6 Å². The molecule has 1 N–H and O–H groups in total. The zero-order valence-electron chi connectivity index (χ0n) is 11.1. The van der Waals surface area contributed by atoms with Crippen LogP contribution in [0, 0.1) is 0 Å². The molecule has 0 radical (unpaired) electrons. The topological polar surface area (TPSA) is 77.9 Å². The Balaban J connectivity index is 5.00. The summed E-state index contributed by atoms with van der Waals surface area (Å²) in [5.74, 6) is -1.17. The number of carboxylic acids is 1. The van der Waals surface area contributed by atoms with Crippen LogP contribution in [0.15, 0.2) is 0 Å². The van der Waals surface area contributed by atoms with Gasteiger partial charge in [-0.1, -0.05) is 13.3 Å². The number of nitrogens with zero attached hydrogens (tertiary/aromatic N) is 2. The second kappa shape index (κ2) is 5.79. The Bertz CT molecular complexity index is 365. The van der Waals surface area contributed by atoms with E-state index in [1.165, 1.54) is 32.2 Å². The lowest BCUT2D eigenvalue weighted by Crippen LogP contribution is -2.54. The smallest absolute Gasteiger partial charge is 0.324 e. The van der Waals surface area contributed by atoms with Crippen molar-refractivity contribution in [3.05, 3.63) is 0 Å². The molecule has 0 fully saturated rings. The van der Waals surface area contributed by atoms with Gasteiger partial charge in [-0.2, -0.15) is 17.0 Å².